The summed E-state index contributed by atoms with van der Waals surface area (Å²) in [6, 6.07) is 19.7. The summed E-state index contributed by atoms with van der Waals surface area (Å²) in [7, 11) is 0. The highest BCUT2D eigenvalue weighted by molar-refractivity contribution is 5.98. The highest BCUT2D eigenvalue weighted by Crippen LogP contribution is 2.39. The van der Waals surface area contributed by atoms with Crippen LogP contribution in [-0.4, -0.2) is 22.8 Å². The van der Waals surface area contributed by atoms with Gasteiger partial charge in [-0.05, 0) is 42.9 Å². The van der Waals surface area contributed by atoms with Gasteiger partial charge in [0.15, 0.2) is 5.78 Å². The third-order valence-corrected chi connectivity index (χ3v) is 6.11. The number of rotatable bonds is 5. The van der Waals surface area contributed by atoms with Crippen LogP contribution in [-0.2, 0) is 6.54 Å². The highest BCUT2D eigenvalue weighted by atomic mass is 16.1. The average molecular weight is 345 g/mol. The van der Waals surface area contributed by atoms with Crippen molar-refractivity contribution in [1.82, 2.24) is 4.90 Å². The maximum absolute atomic E-state index is 13.1. The van der Waals surface area contributed by atoms with Crippen LogP contribution < -0.4 is 0 Å². The molecule has 0 spiro atoms. The fourth-order valence-corrected chi connectivity index (χ4v) is 4.80. The van der Waals surface area contributed by atoms with Crippen LogP contribution in [0, 0.1) is 5.92 Å². The van der Waals surface area contributed by atoms with Gasteiger partial charge in [0.25, 0.3) is 0 Å². The van der Waals surface area contributed by atoms with E-state index in [1.54, 1.807) is 0 Å². The van der Waals surface area contributed by atoms with E-state index in [0.717, 1.165) is 30.5 Å². The molecule has 0 saturated carbocycles. The normalized spacial score (nSPS) is 25.6. The van der Waals surface area contributed by atoms with Gasteiger partial charge in [0.05, 0.1) is 0 Å². The van der Waals surface area contributed by atoms with Gasteiger partial charge in [0, 0.05) is 30.1 Å². The monoisotopic (exact) mass is 345 g/mol. The smallest absolute Gasteiger partial charge is 0.166 e. The molecule has 2 heterocycles. The summed E-state index contributed by atoms with van der Waals surface area (Å²) in [4.78, 5) is 15.8. The van der Waals surface area contributed by atoms with E-state index in [1.807, 2.05) is 30.3 Å². The molecule has 2 aromatic carbocycles. The molecular weight excluding hydrogens is 318 g/mol. The maximum atomic E-state index is 13.1. The van der Waals surface area contributed by atoms with Gasteiger partial charge >= 0.3 is 0 Å². The maximum Gasteiger partial charge on any atom is 0.166 e. The van der Waals surface area contributed by atoms with E-state index < -0.39 is 0 Å². The first-order valence-corrected chi connectivity index (χ1v) is 9.81. The molecule has 2 atom stereocenters. The van der Waals surface area contributed by atoms with Crippen molar-refractivity contribution < 1.29 is 4.79 Å². The van der Waals surface area contributed by atoms with Gasteiger partial charge in [0.2, 0.25) is 0 Å². The number of hydrogen-bond donors (Lipinski definition) is 0. The number of benzene rings is 2. The Labute approximate surface area is 156 Å². The lowest BCUT2D eigenvalue weighted by Gasteiger charge is -2.48. The lowest BCUT2D eigenvalue weighted by atomic mass is 9.75. The van der Waals surface area contributed by atoms with Gasteiger partial charge in [-0.3, -0.25) is 9.69 Å². The fraction of sp³-hybridized carbons (Fsp3) is 0.375. The van der Waals surface area contributed by atoms with Crippen LogP contribution in [0.1, 0.15) is 53.6 Å². The molecule has 2 nitrogen and oxygen atoms in total. The van der Waals surface area contributed by atoms with Crippen LogP contribution in [0.15, 0.2) is 61.2 Å². The largest absolute Gasteiger partial charge is 0.294 e. The van der Waals surface area contributed by atoms with Gasteiger partial charge in [-0.1, -0.05) is 67.6 Å². The molecule has 0 aliphatic carbocycles. The second kappa shape index (κ2) is 7.59. The average Bonchev–Trinajstić information content (AvgIpc) is 2.68. The summed E-state index contributed by atoms with van der Waals surface area (Å²) >= 11 is 0. The first-order valence-electron chi connectivity index (χ1n) is 9.81. The van der Waals surface area contributed by atoms with Crippen LogP contribution in [0.4, 0.5) is 0 Å². The van der Waals surface area contributed by atoms with Crippen LogP contribution in [0.25, 0.3) is 6.08 Å². The summed E-state index contributed by atoms with van der Waals surface area (Å²) in [5.41, 5.74) is 3.26. The predicted octanol–water partition coefficient (Wildman–Crippen LogP) is 5.35. The molecule has 2 aliphatic heterocycles. The zero-order chi connectivity index (χ0) is 17.9. The van der Waals surface area contributed by atoms with Gasteiger partial charge in [-0.15, -0.1) is 0 Å². The van der Waals surface area contributed by atoms with Crippen molar-refractivity contribution in [1.29, 1.82) is 0 Å². The molecule has 0 N–H and O–H groups in total. The molecule has 0 radical (unpaired) electrons. The summed E-state index contributed by atoms with van der Waals surface area (Å²) in [6.45, 7) is 4.84. The number of fused-ring (bicyclic) bond motifs is 2. The molecule has 2 bridgehead atoms. The number of hydrogen-bond acceptors (Lipinski definition) is 2. The summed E-state index contributed by atoms with van der Waals surface area (Å²) in [5, 5.41) is 0. The van der Waals surface area contributed by atoms with E-state index in [9.17, 15) is 4.79 Å². The third kappa shape index (κ3) is 3.52. The van der Waals surface area contributed by atoms with Crippen molar-refractivity contribution in [3.63, 3.8) is 0 Å². The molecular formula is C24H27NO. The standard InChI is InChI=1S/C24H27NO/c1-2-18-10-6-11-20(14-18)24(26)21-15-22-12-7-13-23(16-21)25(22)17-19-8-4-3-5-9-19/h2-6,8-11,14,21-23H,1,7,12-13,15-17H2. The zero-order valence-electron chi connectivity index (χ0n) is 15.3. The van der Waals surface area contributed by atoms with Crippen LogP contribution >= 0.6 is 0 Å². The van der Waals surface area contributed by atoms with E-state index in [2.05, 4.69) is 41.8 Å². The van der Waals surface area contributed by atoms with Crippen LogP contribution in [0.2, 0.25) is 0 Å². The zero-order valence-corrected chi connectivity index (χ0v) is 15.3. The molecule has 2 aliphatic rings. The van der Waals surface area contributed by atoms with Crippen LogP contribution in [0.5, 0.6) is 0 Å². The SMILES string of the molecule is C=Cc1cccc(C(=O)C2CC3CCCC(C2)N3Cc2ccccc2)c1. The molecule has 26 heavy (non-hydrogen) atoms. The van der Waals surface area contributed by atoms with E-state index in [4.69, 9.17) is 0 Å². The van der Waals surface area contributed by atoms with Crippen molar-refractivity contribution in [2.75, 3.05) is 0 Å². The van der Waals surface area contributed by atoms with Gasteiger partial charge < -0.3 is 0 Å². The first-order chi connectivity index (χ1) is 12.7. The van der Waals surface area contributed by atoms with E-state index in [0.29, 0.717) is 17.9 Å². The Balaban J connectivity index is 1.50. The Morgan fingerprint density at radius 1 is 1.04 bits per heavy atom. The first kappa shape index (κ1) is 17.2. The summed E-state index contributed by atoms with van der Waals surface area (Å²) in [5.74, 6) is 0.488. The Morgan fingerprint density at radius 3 is 2.46 bits per heavy atom. The topological polar surface area (TPSA) is 20.3 Å². The minimum Gasteiger partial charge on any atom is -0.294 e. The number of ketones is 1. The molecule has 2 heteroatoms. The van der Waals surface area contributed by atoms with E-state index in [-0.39, 0.29) is 5.92 Å². The number of nitrogens with zero attached hydrogens (tertiary/aromatic N) is 1. The Kier molecular flexibility index (Phi) is 5.03. The summed E-state index contributed by atoms with van der Waals surface area (Å²) < 4.78 is 0. The van der Waals surface area contributed by atoms with Crippen LogP contribution in [0.3, 0.4) is 0 Å². The summed E-state index contributed by atoms with van der Waals surface area (Å²) in [6.07, 6.45) is 7.56. The van der Waals surface area contributed by atoms with Crippen molar-refractivity contribution in [2.24, 2.45) is 5.92 Å². The van der Waals surface area contributed by atoms with Crippen molar-refractivity contribution in [2.45, 2.75) is 50.7 Å². The second-order valence-electron chi connectivity index (χ2n) is 7.76. The van der Waals surface area contributed by atoms with Gasteiger partial charge in [0.1, 0.15) is 0 Å². The number of carbonyl (C=O) groups is 1. The Morgan fingerprint density at radius 2 is 1.77 bits per heavy atom. The molecule has 2 unspecified atom stereocenters. The molecule has 134 valence electrons. The van der Waals surface area contributed by atoms with Crippen molar-refractivity contribution in [3.05, 3.63) is 77.9 Å². The van der Waals surface area contributed by atoms with E-state index >= 15 is 0 Å². The number of piperidine rings is 2. The molecule has 0 aromatic heterocycles. The van der Waals surface area contributed by atoms with Gasteiger partial charge in [-0.25, -0.2) is 0 Å². The Hall–Kier alpha value is -2.19. The second-order valence-corrected chi connectivity index (χ2v) is 7.76. The lowest BCUT2D eigenvalue weighted by Crippen LogP contribution is -2.52. The van der Waals surface area contributed by atoms with Crippen molar-refractivity contribution >= 4 is 11.9 Å². The molecule has 2 saturated heterocycles. The minimum atomic E-state index is 0.164. The molecule has 4 rings (SSSR count). The van der Waals surface area contributed by atoms with Crippen molar-refractivity contribution in [3.8, 4) is 0 Å². The minimum absolute atomic E-state index is 0.164. The molecule has 0 amide bonds. The quantitative estimate of drug-likeness (QED) is 0.681. The van der Waals surface area contributed by atoms with Gasteiger partial charge in [-0.2, -0.15) is 0 Å². The molecule has 2 aromatic rings. The Bertz CT molecular complexity index is 768. The number of Topliss-reactive ketones (excluding diaryl/α,β-unsaturated/α-hetero) is 1. The lowest BCUT2D eigenvalue weighted by molar-refractivity contribution is 0.00906. The fourth-order valence-electron chi connectivity index (χ4n) is 4.80. The predicted molar refractivity (Wildman–Crippen MR) is 107 cm³/mol. The number of carbonyl (C=O) groups excluding carboxylic acids is 1. The van der Waals surface area contributed by atoms with E-state index in [1.165, 1.54) is 24.8 Å². The molecule has 2 fully saturated rings. The highest BCUT2D eigenvalue weighted by Gasteiger charge is 2.40. The third-order valence-electron chi connectivity index (χ3n) is 6.11.